The Bertz CT molecular complexity index is 617. The summed E-state index contributed by atoms with van der Waals surface area (Å²) in [6.45, 7) is 2.79. The van der Waals surface area contributed by atoms with Gasteiger partial charge in [0, 0.05) is 13.1 Å². The second-order valence-corrected chi connectivity index (χ2v) is 5.47. The molecule has 0 atom stereocenters. The Morgan fingerprint density at radius 1 is 1.38 bits per heavy atom. The van der Waals surface area contributed by atoms with Crippen molar-refractivity contribution < 1.29 is 4.79 Å². The lowest BCUT2D eigenvalue weighted by Gasteiger charge is -2.18. The highest BCUT2D eigenvalue weighted by molar-refractivity contribution is 5.92. The molecule has 3 heterocycles. The Hall–Kier alpha value is -2.22. The molecule has 0 saturated carbocycles. The summed E-state index contributed by atoms with van der Waals surface area (Å²) in [4.78, 5) is 23.0. The number of H-pyrrole nitrogens is 1. The van der Waals surface area contributed by atoms with Crippen LogP contribution in [0.4, 0.5) is 0 Å². The van der Waals surface area contributed by atoms with E-state index >= 15 is 0 Å². The lowest BCUT2D eigenvalue weighted by molar-refractivity contribution is 0.0738. The maximum Gasteiger partial charge on any atom is 0.272 e. The third-order valence-electron chi connectivity index (χ3n) is 3.52. The number of nitrogens with one attached hydrogen (secondary N) is 1. The van der Waals surface area contributed by atoms with Gasteiger partial charge in [0.1, 0.15) is 11.5 Å². The smallest absolute Gasteiger partial charge is 0.272 e. The van der Waals surface area contributed by atoms with Gasteiger partial charge in [-0.05, 0) is 20.5 Å². The van der Waals surface area contributed by atoms with Gasteiger partial charge in [-0.25, -0.2) is 4.98 Å². The SMILES string of the molecule is CN(C)Cc1nnc2n1CCCN(C(=O)c1cnc[nH]1)C2. The largest absolute Gasteiger partial charge is 0.341 e. The summed E-state index contributed by atoms with van der Waals surface area (Å²) >= 11 is 0. The number of aromatic amines is 1. The Morgan fingerprint density at radius 2 is 2.24 bits per heavy atom. The van der Waals surface area contributed by atoms with Crippen molar-refractivity contribution in [2.45, 2.75) is 26.1 Å². The van der Waals surface area contributed by atoms with Crippen LogP contribution in [-0.2, 0) is 19.6 Å². The zero-order valence-corrected chi connectivity index (χ0v) is 12.3. The number of aromatic nitrogens is 5. The van der Waals surface area contributed by atoms with Crippen molar-refractivity contribution in [1.82, 2.24) is 34.5 Å². The number of nitrogens with zero attached hydrogens (tertiary/aromatic N) is 6. The molecular weight excluding hydrogens is 270 g/mol. The summed E-state index contributed by atoms with van der Waals surface area (Å²) < 4.78 is 2.13. The molecule has 0 unspecified atom stereocenters. The molecule has 8 nitrogen and oxygen atoms in total. The van der Waals surface area contributed by atoms with Gasteiger partial charge in [-0.15, -0.1) is 10.2 Å². The molecule has 2 aromatic rings. The quantitative estimate of drug-likeness (QED) is 0.867. The van der Waals surface area contributed by atoms with Gasteiger partial charge in [0.25, 0.3) is 5.91 Å². The third kappa shape index (κ3) is 2.80. The Morgan fingerprint density at radius 3 is 2.95 bits per heavy atom. The van der Waals surface area contributed by atoms with Crippen molar-refractivity contribution in [1.29, 1.82) is 0 Å². The van der Waals surface area contributed by atoms with E-state index in [0.717, 1.165) is 31.2 Å². The first-order valence-corrected chi connectivity index (χ1v) is 6.98. The molecule has 112 valence electrons. The fourth-order valence-electron chi connectivity index (χ4n) is 2.53. The maximum atomic E-state index is 12.4. The van der Waals surface area contributed by atoms with E-state index in [1.807, 2.05) is 14.1 Å². The normalized spacial score (nSPS) is 15.1. The summed E-state index contributed by atoms with van der Waals surface area (Å²) in [5, 5.41) is 8.50. The molecule has 0 radical (unpaired) electrons. The van der Waals surface area contributed by atoms with Crippen LogP contribution in [0.15, 0.2) is 12.5 Å². The molecule has 0 fully saturated rings. The molecule has 0 spiro atoms. The first-order valence-electron chi connectivity index (χ1n) is 6.98. The van der Waals surface area contributed by atoms with Crippen LogP contribution in [0.3, 0.4) is 0 Å². The lowest BCUT2D eigenvalue weighted by atomic mass is 10.3. The summed E-state index contributed by atoms with van der Waals surface area (Å²) in [6.07, 6.45) is 3.96. The number of rotatable bonds is 3. The molecule has 0 aromatic carbocycles. The molecule has 8 heteroatoms. The Labute approximate surface area is 122 Å². The van der Waals surface area contributed by atoms with Gasteiger partial charge in [-0.3, -0.25) is 4.79 Å². The molecule has 2 aromatic heterocycles. The molecule has 1 aliphatic rings. The van der Waals surface area contributed by atoms with Gasteiger partial charge < -0.3 is 19.4 Å². The van der Waals surface area contributed by atoms with Crippen molar-refractivity contribution in [2.75, 3.05) is 20.6 Å². The van der Waals surface area contributed by atoms with Crippen LogP contribution >= 0.6 is 0 Å². The standard InChI is InChI=1S/C13H19N7O/c1-18(2)7-11-16-17-12-8-19(4-3-5-20(11)12)13(21)10-6-14-9-15-10/h6,9H,3-5,7-8H2,1-2H3,(H,14,15). The number of imidazole rings is 1. The second-order valence-electron chi connectivity index (χ2n) is 5.47. The van der Waals surface area contributed by atoms with Crippen LogP contribution < -0.4 is 0 Å². The van der Waals surface area contributed by atoms with Crippen molar-refractivity contribution in [3.63, 3.8) is 0 Å². The van der Waals surface area contributed by atoms with Crippen LogP contribution in [0.1, 0.15) is 28.6 Å². The van der Waals surface area contributed by atoms with Crippen LogP contribution in [0.2, 0.25) is 0 Å². The Balaban J connectivity index is 1.80. The lowest BCUT2D eigenvalue weighted by Crippen LogP contribution is -2.31. The summed E-state index contributed by atoms with van der Waals surface area (Å²) in [5.41, 5.74) is 0.511. The van der Waals surface area contributed by atoms with Gasteiger partial charge >= 0.3 is 0 Å². The number of amides is 1. The van der Waals surface area contributed by atoms with Gasteiger partial charge in [0.2, 0.25) is 0 Å². The van der Waals surface area contributed by atoms with Gasteiger partial charge in [0.15, 0.2) is 5.82 Å². The van der Waals surface area contributed by atoms with Crippen molar-refractivity contribution in [2.24, 2.45) is 0 Å². The average molecular weight is 289 g/mol. The molecule has 3 rings (SSSR count). The van der Waals surface area contributed by atoms with Gasteiger partial charge in [-0.1, -0.05) is 0 Å². The van der Waals surface area contributed by atoms with E-state index in [1.165, 1.54) is 6.33 Å². The van der Waals surface area contributed by atoms with Crippen LogP contribution in [-0.4, -0.2) is 61.1 Å². The predicted octanol–water partition coefficient (Wildman–Crippen LogP) is 0.109. The second kappa shape index (κ2) is 5.65. The number of carbonyl (C=O) groups is 1. The highest BCUT2D eigenvalue weighted by Gasteiger charge is 2.24. The van der Waals surface area contributed by atoms with E-state index in [9.17, 15) is 4.79 Å². The minimum absolute atomic E-state index is 0.0434. The Kier molecular flexibility index (Phi) is 3.70. The number of hydrogen-bond acceptors (Lipinski definition) is 5. The topological polar surface area (TPSA) is 82.9 Å². The zero-order valence-electron chi connectivity index (χ0n) is 12.3. The van der Waals surface area contributed by atoms with Crippen molar-refractivity contribution in [3.8, 4) is 0 Å². The first kappa shape index (κ1) is 13.7. The molecule has 0 aliphatic carbocycles. The van der Waals surface area contributed by atoms with Crippen molar-refractivity contribution in [3.05, 3.63) is 29.9 Å². The van der Waals surface area contributed by atoms with Crippen molar-refractivity contribution >= 4 is 5.91 Å². The third-order valence-corrected chi connectivity index (χ3v) is 3.52. The fraction of sp³-hybridized carbons (Fsp3) is 0.538. The summed E-state index contributed by atoms with van der Waals surface area (Å²) in [5.74, 6) is 1.75. The van der Waals surface area contributed by atoms with Crippen LogP contribution in [0, 0.1) is 0 Å². The minimum atomic E-state index is -0.0434. The average Bonchev–Trinajstić information content (AvgIpc) is 3.04. The fourth-order valence-corrected chi connectivity index (χ4v) is 2.53. The molecule has 1 amide bonds. The molecule has 0 bridgehead atoms. The van der Waals surface area contributed by atoms with E-state index < -0.39 is 0 Å². The number of fused-ring (bicyclic) bond motifs is 1. The molecule has 0 saturated heterocycles. The summed E-state index contributed by atoms with van der Waals surface area (Å²) in [7, 11) is 4.01. The summed E-state index contributed by atoms with van der Waals surface area (Å²) in [6, 6.07) is 0. The van der Waals surface area contributed by atoms with E-state index in [0.29, 0.717) is 18.8 Å². The molecule has 21 heavy (non-hydrogen) atoms. The van der Waals surface area contributed by atoms with Crippen LogP contribution in [0.25, 0.3) is 0 Å². The van der Waals surface area contributed by atoms with Gasteiger partial charge in [-0.2, -0.15) is 0 Å². The monoisotopic (exact) mass is 289 g/mol. The van der Waals surface area contributed by atoms with E-state index in [-0.39, 0.29) is 5.91 Å². The van der Waals surface area contributed by atoms with E-state index in [4.69, 9.17) is 0 Å². The van der Waals surface area contributed by atoms with Gasteiger partial charge in [0.05, 0.1) is 25.6 Å². The van der Waals surface area contributed by atoms with E-state index in [1.54, 1.807) is 11.1 Å². The van der Waals surface area contributed by atoms with E-state index in [2.05, 4.69) is 29.6 Å². The zero-order chi connectivity index (χ0) is 14.8. The first-order chi connectivity index (χ1) is 10.1. The highest BCUT2D eigenvalue weighted by atomic mass is 16.2. The highest BCUT2D eigenvalue weighted by Crippen LogP contribution is 2.15. The molecular formula is C13H19N7O. The number of hydrogen-bond donors (Lipinski definition) is 1. The van der Waals surface area contributed by atoms with Crippen LogP contribution in [0.5, 0.6) is 0 Å². The predicted molar refractivity (Wildman–Crippen MR) is 75.4 cm³/mol. The maximum absolute atomic E-state index is 12.4. The molecule has 1 aliphatic heterocycles. The molecule has 1 N–H and O–H groups in total. The minimum Gasteiger partial charge on any atom is -0.341 e. The number of carbonyl (C=O) groups excluding carboxylic acids is 1.